The van der Waals surface area contributed by atoms with E-state index in [2.05, 4.69) is 20.9 Å². The third-order valence-electron chi connectivity index (χ3n) is 12.8. The molecule has 346 valence electrons. The number of nitrogens with zero attached hydrogens (tertiary/aromatic N) is 3. The van der Waals surface area contributed by atoms with Crippen LogP contribution >= 0.6 is 11.3 Å². The number of rotatable bonds is 25. The highest BCUT2D eigenvalue weighted by Crippen LogP contribution is 2.32. The lowest BCUT2D eigenvalue weighted by molar-refractivity contribution is -0.148. The number of carbonyl (C=O) groups is 5. The molecule has 4 rings (SSSR count). The minimum absolute atomic E-state index is 0.00266. The third-order valence-corrected chi connectivity index (χ3v) is 13.7. The molecule has 2 fully saturated rings. The van der Waals surface area contributed by atoms with E-state index >= 15 is 0 Å². The average Bonchev–Trinajstić information content (AvgIpc) is 4.08. The van der Waals surface area contributed by atoms with Crippen molar-refractivity contribution in [3.05, 3.63) is 52.5 Å². The van der Waals surface area contributed by atoms with E-state index in [9.17, 15) is 24.0 Å². The van der Waals surface area contributed by atoms with E-state index in [1.807, 2.05) is 75.2 Å². The fourth-order valence-corrected chi connectivity index (χ4v) is 9.83. The van der Waals surface area contributed by atoms with Crippen LogP contribution in [-0.2, 0) is 44.6 Å². The molecule has 0 spiro atoms. The normalized spacial score (nSPS) is 19.5. The first-order valence-corrected chi connectivity index (χ1v) is 23.3. The molecular weight excluding hydrogens is 811 g/mol. The van der Waals surface area contributed by atoms with Gasteiger partial charge in [0.1, 0.15) is 16.6 Å². The summed E-state index contributed by atoms with van der Waals surface area (Å²) in [5.41, 5.74) is 5.45. The van der Waals surface area contributed by atoms with Gasteiger partial charge in [0.05, 0.1) is 55.9 Å². The van der Waals surface area contributed by atoms with E-state index in [1.165, 1.54) is 11.3 Å². The van der Waals surface area contributed by atoms with E-state index in [0.717, 1.165) is 29.8 Å². The van der Waals surface area contributed by atoms with E-state index in [0.29, 0.717) is 51.8 Å². The number of thiazole rings is 1. The van der Waals surface area contributed by atoms with Gasteiger partial charge in [-0.05, 0) is 49.5 Å². The molecule has 0 radical (unpaired) electrons. The Morgan fingerprint density at radius 2 is 1.71 bits per heavy atom. The predicted octanol–water partition coefficient (Wildman–Crippen LogP) is 4.40. The second-order valence-electron chi connectivity index (χ2n) is 17.4. The first-order valence-electron chi connectivity index (χ1n) is 22.5. The first kappa shape index (κ1) is 50.7. The highest BCUT2D eigenvalue weighted by atomic mass is 32.1. The maximum absolute atomic E-state index is 14.6. The van der Waals surface area contributed by atoms with Gasteiger partial charge in [0.15, 0.2) is 0 Å². The molecule has 0 bridgehead atoms. The Morgan fingerprint density at radius 3 is 2.31 bits per heavy atom. The smallest absolute Gasteiger partial charge is 0.246 e. The largest absolute Gasteiger partial charge is 0.380 e. The van der Waals surface area contributed by atoms with Gasteiger partial charge in [-0.2, -0.15) is 0 Å². The fraction of sp³-hybridized carbons (Fsp3) is 0.696. The number of benzene rings is 1. The van der Waals surface area contributed by atoms with Gasteiger partial charge in [0.25, 0.3) is 0 Å². The van der Waals surface area contributed by atoms with Crippen molar-refractivity contribution < 1.29 is 38.2 Å². The number of hydrogen-bond donors (Lipinski definition) is 4. The molecule has 2 aliphatic rings. The van der Waals surface area contributed by atoms with Gasteiger partial charge < -0.3 is 45.7 Å². The maximum Gasteiger partial charge on any atom is 0.246 e. The van der Waals surface area contributed by atoms with Gasteiger partial charge >= 0.3 is 0 Å². The van der Waals surface area contributed by atoms with E-state index < -0.39 is 35.7 Å². The number of amides is 5. The van der Waals surface area contributed by atoms with E-state index in [1.54, 1.807) is 32.4 Å². The van der Waals surface area contributed by atoms with Crippen LogP contribution < -0.4 is 21.7 Å². The molecule has 8 atom stereocenters. The zero-order chi connectivity index (χ0) is 45.4. The van der Waals surface area contributed by atoms with Crippen LogP contribution in [0.1, 0.15) is 109 Å². The fourth-order valence-electron chi connectivity index (χ4n) is 9.15. The second-order valence-corrected chi connectivity index (χ2v) is 18.3. The molecule has 1 saturated carbocycles. The quantitative estimate of drug-likeness (QED) is 0.104. The number of likely N-dealkylation sites (N-methyl/N-ethyl adjacent to an activating group) is 1. The summed E-state index contributed by atoms with van der Waals surface area (Å²) in [7, 11) is 4.85. The van der Waals surface area contributed by atoms with Gasteiger partial charge in [0.2, 0.25) is 29.5 Å². The molecule has 0 unspecified atom stereocenters. The van der Waals surface area contributed by atoms with Crippen molar-refractivity contribution in [3.63, 3.8) is 0 Å². The number of likely N-dealkylation sites (tertiary alicyclic amines) is 1. The van der Waals surface area contributed by atoms with Crippen LogP contribution in [0.4, 0.5) is 0 Å². The van der Waals surface area contributed by atoms with Crippen molar-refractivity contribution in [3.8, 4) is 0 Å². The zero-order valence-electron chi connectivity index (χ0n) is 38.2. The lowest BCUT2D eigenvalue weighted by atomic mass is 9.89. The monoisotopic (exact) mass is 884 g/mol. The highest BCUT2D eigenvalue weighted by molar-refractivity contribution is 7.09. The molecule has 1 aromatic heterocycles. The van der Waals surface area contributed by atoms with Crippen LogP contribution in [0.15, 0.2) is 41.9 Å². The van der Waals surface area contributed by atoms with E-state index in [4.69, 9.17) is 19.9 Å². The van der Waals surface area contributed by atoms with E-state index in [-0.39, 0.29) is 72.9 Å². The number of aromatic nitrogens is 1. The molecular formula is C46H73N7O8S. The minimum Gasteiger partial charge on any atom is -0.380 e. The van der Waals surface area contributed by atoms with Crippen molar-refractivity contribution in [1.29, 1.82) is 0 Å². The van der Waals surface area contributed by atoms with Gasteiger partial charge in [-0.1, -0.05) is 84.2 Å². The zero-order valence-corrected chi connectivity index (χ0v) is 39.0. The van der Waals surface area contributed by atoms with Crippen molar-refractivity contribution in [2.24, 2.45) is 23.5 Å². The molecule has 15 nitrogen and oxygen atoms in total. The number of methoxy groups -OCH3 is 2. The SMILES string of the molecule is CC[C@H](C)[C@@H]([C@@H](CC(=O)N1CCC[C@H]1[C@H](OC)[C@@H](C)C(=O)N[C@@H](Cc1ccccc1)c1nccs1)OC)N(C)C(=O)[C@@H](NC(=O)C1(NC(=O)CCOCCN)CCCC1)C(C)C. The summed E-state index contributed by atoms with van der Waals surface area (Å²) in [5, 5.41) is 12.0. The van der Waals surface area contributed by atoms with Crippen LogP contribution in [-0.4, -0.2) is 128 Å². The molecule has 5 amide bonds. The molecule has 5 N–H and O–H groups in total. The maximum atomic E-state index is 14.6. The van der Waals surface area contributed by atoms with Gasteiger partial charge in [-0.25, -0.2) is 4.98 Å². The standard InChI is InChI=1S/C46H73N7O8S/c1-9-31(4)40(52(6)44(57)39(30(2)3)50-45(58)46(20-13-14-21-46)51-37(54)19-25-61-26-22-47)36(59-7)29-38(55)53-24-15-18-35(53)41(60-8)32(5)42(56)49-34(43-48-23-27-62-43)28-33-16-11-10-12-17-33/h10-12,16-17,23,27,30-32,34-36,39-41H,9,13-15,18-22,24-26,28-29,47H2,1-8H3,(H,49,56)(H,50,58)(H,51,54)/t31-,32+,34-,35-,36+,39-,40-,41+/m0/s1. The molecule has 1 aliphatic heterocycles. The molecule has 1 aromatic carbocycles. The third kappa shape index (κ3) is 13.3. The first-order chi connectivity index (χ1) is 29.7. The summed E-state index contributed by atoms with van der Waals surface area (Å²) < 4.78 is 17.5. The van der Waals surface area contributed by atoms with Crippen molar-refractivity contribution in [1.82, 2.24) is 30.7 Å². The second kappa shape index (κ2) is 24.8. The minimum atomic E-state index is -1.12. The Balaban J connectivity index is 1.47. The molecule has 1 saturated heterocycles. The van der Waals surface area contributed by atoms with Crippen LogP contribution in [0.25, 0.3) is 0 Å². The molecule has 2 heterocycles. The van der Waals surface area contributed by atoms with Crippen LogP contribution in [0.2, 0.25) is 0 Å². The number of nitrogens with one attached hydrogen (secondary N) is 3. The van der Waals surface area contributed by atoms with Crippen molar-refractivity contribution in [2.75, 3.05) is 47.6 Å². The van der Waals surface area contributed by atoms with Gasteiger partial charge in [0, 0.05) is 52.4 Å². The average molecular weight is 884 g/mol. The summed E-state index contributed by atoms with van der Waals surface area (Å²) in [6, 6.07) is 7.90. The van der Waals surface area contributed by atoms with Crippen LogP contribution in [0, 0.1) is 17.8 Å². The Bertz CT molecular complexity index is 1710. The number of ether oxygens (including phenoxy) is 3. The molecule has 62 heavy (non-hydrogen) atoms. The summed E-state index contributed by atoms with van der Waals surface area (Å²) in [6.45, 7) is 11.1. The summed E-state index contributed by atoms with van der Waals surface area (Å²) in [4.78, 5) is 77.9. The number of carbonyl (C=O) groups excluding carboxylic acids is 5. The molecule has 16 heteroatoms. The Kier molecular flexibility index (Phi) is 20.2. The molecule has 1 aliphatic carbocycles. The Morgan fingerprint density at radius 1 is 1.00 bits per heavy atom. The summed E-state index contributed by atoms with van der Waals surface area (Å²) in [6.07, 6.45) is 5.80. The van der Waals surface area contributed by atoms with Crippen LogP contribution in [0.5, 0.6) is 0 Å². The Hall–Kier alpha value is -3.96. The number of hydrogen-bond acceptors (Lipinski definition) is 11. The summed E-state index contributed by atoms with van der Waals surface area (Å²) >= 11 is 1.50. The van der Waals surface area contributed by atoms with Crippen molar-refractivity contribution in [2.45, 2.75) is 141 Å². The lowest BCUT2D eigenvalue weighted by Gasteiger charge is -2.41. The van der Waals surface area contributed by atoms with Crippen LogP contribution in [0.3, 0.4) is 0 Å². The van der Waals surface area contributed by atoms with Crippen molar-refractivity contribution >= 4 is 40.9 Å². The Labute approximate surface area is 372 Å². The highest BCUT2D eigenvalue weighted by Gasteiger charge is 2.46. The number of nitrogens with two attached hydrogens (primary N) is 1. The molecule has 2 aromatic rings. The van der Waals surface area contributed by atoms with Gasteiger partial charge in [-0.3, -0.25) is 24.0 Å². The predicted molar refractivity (Wildman–Crippen MR) is 240 cm³/mol. The van der Waals surface area contributed by atoms with Gasteiger partial charge in [-0.15, -0.1) is 11.3 Å². The lowest BCUT2D eigenvalue weighted by Crippen LogP contribution is -2.63. The topological polar surface area (TPSA) is 195 Å². The summed E-state index contributed by atoms with van der Waals surface area (Å²) in [5.74, 6) is -2.23.